The highest BCUT2D eigenvalue weighted by molar-refractivity contribution is 5.98. The summed E-state index contributed by atoms with van der Waals surface area (Å²) in [5.41, 5.74) is 2.43. The van der Waals surface area contributed by atoms with Gasteiger partial charge in [0.15, 0.2) is 0 Å². The Bertz CT molecular complexity index is 598. The van der Waals surface area contributed by atoms with Crippen LogP contribution < -0.4 is 0 Å². The summed E-state index contributed by atoms with van der Waals surface area (Å²) in [6.45, 7) is 0. The number of carbonyl (C=O) groups excluding carboxylic acids is 1. The molecule has 1 nitrogen and oxygen atoms in total. The molecule has 0 amide bonds. The Kier molecular flexibility index (Phi) is 2.41. The van der Waals surface area contributed by atoms with E-state index in [2.05, 4.69) is 60.7 Å². The molecule has 0 aliphatic heterocycles. The summed E-state index contributed by atoms with van der Waals surface area (Å²) in [6.07, 6.45) is 3.96. The predicted octanol–water partition coefficient (Wildman–Crippen LogP) is 4.12. The van der Waals surface area contributed by atoms with Crippen molar-refractivity contribution in [1.29, 1.82) is 0 Å². The van der Waals surface area contributed by atoms with Gasteiger partial charge in [0.2, 0.25) is 0 Å². The minimum Gasteiger partial charge on any atom is -0.299 e. The third-order valence-electron chi connectivity index (χ3n) is 5.52. The van der Waals surface area contributed by atoms with Crippen LogP contribution in [0, 0.1) is 5.41 Å². The zero-order chi connectivity index (χ0) is 13.6. The fraction of sp³-hybridized carbons (Fsp3) is 0.316. The third-order valence-corrected chi connectivity index (χ3v) is 5.52. The first kappa shape index (κ1) is 11.9. The Labute approximate surface area is 119 Å². The van der Waals surface area contributed by atoms with E-state index in [1.54, 1.807) is 0 Å². The normalized spacial score (nSPS) is 22.1. The lowest BCUT2D eigenvalue weighted by Gasteiger charge is -2.63. The van der Waals surface area contributed by atoms with Crippen LogP contribution in [0.2, 0.25) is 0 Å². The van der Waals surface area contributed by atoms with Crippen molar-refractivity contribution < 1.29 is 4.79 Å². The highest BCUT2D eigenvalue weighted by Gasteiger charge is 2.68. The highest BCUT2D eigenvalue weighted by atomic mass is 16.1. The zero-order valence-electron chi connectivity index (χ0n) is 11.5. The van der Waals surface area contributed by atoms with Crippen LogP contribution in [0.25, 0.3) is 0 Å². The fourth-order valence-corrected chi connectivity index (χ4v) is 4.32. The number of benzene rings is 2. The van der Waals surface area contributed by atoms with Gasteiger partial charge in [-0.25, -0.2) is 0 Å². The van der Waals surface area contributed by atoms with Crippen molar-refractivity contribution in [3.05, 3.63) is 71.8 Å². The largest absolute Gasteiger partial charge is 0.299 e. The number of Topliss-reactive ketones (excluding diaryl/α,β-unsaturated/α-hetero) is 1. The van der Waals surface area contributed by atoms with E-state index in [1.807, 2.05) is 0 Å². The van der Waals surface area contributed by atoms with Crippen LogP contribution in [0.15, 0.2) is 60.7 Å². The van der Waals surface area contributed by atoms with Gasteiger partial charge in [0, 0.05) is 17.3 Å². The minimum atomic E-state index is -0.115. The molecule has 4 rings (SSSR count). The molecule has 0 bridgehead atoms. The second-order valence-corrected chi connectivity index (χ2v) is 6.17. The van der Waals surface area contributed by atoms with E-state index in [0.717, 1.165) is 12.8 Å². The standard InChI is InChI=1S/C19H18O/c20-17-14-19(18(17)12-7-13-18,15-8-3-1-4-9-15)16-10-5-2-6-11-16/h1-6,8-11H,7,12-14H2. The van der Waals surface area contributed by atoms with Gasteiger partial charge in [-0.1, -0.05) is 67.1 Å². The summed E-state index contributed by atoms with van der Waals surface area (Å²) in [7, 11) is 0. The molecule has 2 aliphatic carbocycles. The van der Waals surface area contributed by atoms with Crippen LogP contribution in [0.3, 0.4) is 0 Å². The number of ketones is 1. The van der Waals surface area contributed by atoms with Crippen LogP contribution in [-0.4, -0.2) is 5.78 Å². The summed E-state index contributed by atoms with van der Waals surface area (Å²) >= 11 is 0. The molecule has 2 aromatic rings. The quantitative estimate of drug-likeness (QED) is 0.795. The molecule has 0 unspecified atom stereocenters. The lowest BCUT2D eigenvalue weighted by atomic mass is 9.37. The van der Waals surface area contributed by atoms with E-state index in [9.17, 15) is 4.79 Å². The van der Waals surface area contributed by atoms with Gasteiger partial charge in [0.05, 0.1) is 0 Å². The highest BCUT2D eigenvalue weighted by Crippen LogP contribution is 2.67. The topological polar surface area (TPSA) is 17.1 Å². The van der Waals surface area contributed by atoms with Gasteiger partial charge in [-0.3, -0.25) is 4.79 Å². The van der Waals surface area contributed by atoms with Crippen LogP contribution >= 0.6 is 0 Å². The first-order valence-electron chi connectivity index (χ1n) is 7.44. The Balaban J connectivity index is 1.94. The van der Waals surface area contributed by atoms with Crippen molar-refractivity contribution in [3.8, 4) is 0 Å². The van der Waals surface area contributed by atoms with E-state index in [1.165, 1.54) is 17.5 Å². The van der Waals surface area contributed by atoms with E-state index in [-0.39, 0.29) is 10.8 Å². The van der Waals surface area contributed by atoms with Crippen LogP contribution in [0.4, 0.5) is 0 Å². The minimum absolute atomic E-state index is 0.0785. The second-order valence-electron chi connectivity index (χ2n) is 6.17. The van der Waals surface area contributed by atoms with E-state index < -0.39 is 0 Å². The molecule has 100 valence electrons. The number of carbonyl (C=O) groups is 1. The zero-order valence-corrected chi connectivity index (χ0v) is 11.5. The van der Waals surface area contributed by atoms with Crippen molar-refractivity contribution >= 4 is 5.78 Å². The van der Waals surface area contributed by atoms with Gasteiger partial charge in [0.25, 0.3) is 0 Å². The number of rotatable bonds is 2. The van der Waals surface area contributed by atoms with Crippen molar-refractivity contribution in [2.45, 2.75) is 31.1 Å². The Morgan fingerprint density at radius 2 is 1.25 bits per heavy atom. The molecule has 20 heavy (non-hydrogen) atoms. The molecular weight excluding hydrogens is 244 g/mol. The van der Waals surface area contributed by atoms with Gasteiger partial charge >= 0.3 is 0 Å². The summed E-state index contributed by atoms with van der Waals surface area (Å²) in [5.74, 6) is 0.469. The van der Waals surface area contributed by atoms with Crippen molar-refractivity contribution in [2.24, 2.45) is 5.41 Å². The first-order valence-corrected chi connectivity index (χ1v) is 7.44. The Morgan fingerprint density at radius 1 is 0.750 bits per heavy atom. The summed E-state index contributed by atoms with van der Waals surface area (Å²) in [6, 6.07) is 21.2. The average molecular weight is 262 g/mol. The van der Waals surface area contributed by atoms with E-state index in [4.69, 9.17) is 0 Å². The van der Waals surface area contributed by atoms with Gasteiger partial charge in [-0.05, 0) is 24.0 Å². The summed E-state index contributed by atoms with van der Waals surface area (Å²) in [5, 5.41) is 0. The predicted molar refractivity (Wildman–Crippen MR) is 79.6 cm³/mol. The molecule has 0 saturated heterocycles. The van der Waals surface area contributed by atoms with Crippen molar-refractivity contribution in [3.63, 3.8) is 0 Å². The smallest absolute Gasteiger partial charge is 0.141 e. The maximum absolute atomic E-state index is 12.4. The maximum Gasteiger partial charge on any atom is 0.141 e. The average Bonchev–Trinajstić information content (AvgIpc) is 2.44. The van der Waals surface area contributed by atoms with Crippen molar-refractivity contribution in [2.75, 3.05) is 0 Å². The molecule has 2 saturated carbocycles. The van der Waals surface area contributed by atoms with Gasteiger partial charge in [-0.2, -0.15) is 0 Å². The van der Waals surface area contributed by atoms with E-state index >= 15 is 0 Å². The van der Waals surface area contributed by atoms with Crippen molar-refractivity contribution in [1.82, 2.24) is 0 Å². The molecule has 0 heterocycles. The first-order chi connectivity index (χ1) is 9.80. The third kappa shape index (κ3) is 1.26. The van der Waals surface area contributed by atoms with Crippen LogP contribution in [-0.2, 0) is 10.2 Å². The lowest BCUT2D eigenvalue weighted by molar-refractivity contribution is -0.157. The van der Waals surface area contributed by atoms with Gasteiger partial charge in [0.1, 0.15) is 5.78 Å². The second kappa shape index (κ2) is 4.05. The molecule has 0 atom stereocenters. The lowest BCUT2D eigenvalue weighted by Crippen LogP contribution is -2.65. The molecule has 2 fully saturated rings. The fourth-order valence-electron chi connectivity index (χ4n) is 4.32. The maximum atomic E-state index is 12.4. The molecule has 2 aromatic carbocycles. The molecular formula is C19H18O. The molecule has 0 N–H and O–H groups in total. The molecule has 2 aliphatic rings. The summed E-state index contributed by atoms with van der Waals surface area (Å²) < 4.78 is 0. The monoisotopic (exact) mass is 262 g/mol. The molecule has 1 heteroatoms. The Morgan fingerprint density at radius 3 is 1.60 bits per heavy atom. The molecule has 0 radical (unpaired) electrons. The van der Waals surface area contributed by atoms with Gasteiger partial charge < -0.3 is 0 Å². The Hall–Kier alpha value is -1.89. The van der Waals surface area contributed by atoms with Crippen LogP contribution in [0.1, 0.15) is 36.8 Å². The van der Waals surface area contributed by atoms with Gasteiger partial charge in [-0.15, -0.1) is 0 Å². The number of hydrogen-bond donors (Lipinski definition) is 0. The van der Waals surface area contributed by atoms with E-state index in [0.29, 0.717) is 12.2 Å². The van der Waals surface area contributed by atoms with Crippen LogP contribution in [0.5, 0.6) is 0 Å². The number of hydrogen-bond acceptors (Lipinski definition) is 1. The SMILES string of the molecule is O=C1CC(c2ccccc2)(c2ccccc2)C12CCC2. The molecule has 0 aromatic heterocycles. The summed E-state index contributed by atoms with van der Waals surface area (Å²) in [4.78, 5) is 12.4. The molecule has 1 spiro atoms.